The number of carbonyl (C=O) groups excluding carboxylic acids is 2. The summed E-state index contributed by atoms with van der Waals surface area (Å²) in [6, 6.07) is 7.81. The van der Waals surface area contributed by atoms with Gasteiger partial charge >= 0.3 is 0 Å². The molecular formula is C22H31N3O2. The third-order valence-electron chi connectivity index (χ3n) is 6.10. The summed E-state index contributed by atoms with van der Waals surface area (Å²) in [6.07, 6.45) is 5.23. The molecule has 5 heteroatoms. The topological polar surface area (TPSA) is 75.4 Å². The smallest absolute Gasteiger partial charge is 0.251 e. The number of nitrogens with one attached hydrogen (secondary N) is 1. The summed E-state index contributed by atoms with van der Waals surface area (Å²) in [6.45, 7) is 6.29. The Morgan fingerprint density at radius 3 is 2.59 bits per heavy atom. The fraction of sp³-hybridized carbons (Fsp3) is 0.545. The van der Waals surface area contributed by atoms with Gasteiger partial charge in [-0.15, -0.1) is 0 Å². The molecule has 1 heterocycles. The molecule has 1 saturated carbocycles. The van der Waals surface area contributed by atoms with Gasteiger partial charge in [-0.3, -0.25) is 9.59 Å². The summed E-state index contributed by atoms with van der Waals surface area (Å²) in [5, 5.41) is 2.84. The lowest BCUT2D eigenvalue weighted by Crippen LogP contribution is -2.48. The van der Waals surface area contributed by atoms with Gasteiger partial charge in [0.2, 0.25) is 5.91 Å². The zero-order chi connectivity index (χ0) is 19.6. The van der Waals surface area contributed by atoms with E-state index in [-0.39, 0.29) is 17.9 Å². The minimum atomic E-state index is -0.424. The van der Waals surface area contributed by atoms with Crippen molar-refractivity contribution in [2.45, 2.75) is 65.0 Å². The van der Waals surface area contributed by atoms with Gasteiger partial charge in [0.15, 0.2) is 0 Å². The average molecular weight is 370 g/mol. The van der Waals surface area contributed by atoms with E-state index in [4.69, 9.17) is 5.73 Å². The highest BCUT2D eigenvalue weighted by Crippen LogP contribution is 2.40. The van der Waals surface area contributed by atoms with E-state index in [1.165, 1.54) is 6.42 Å². The van der Waals surface area contributed by atoms with Crippen LogP contribution in [0.15, 0.2) is 35.5 Å². The van der Waals surface area contributed by atoms with Gasteiger partial charge in [-0.05, 0) is 36.3 Å². The molecule has 27 heavy (non-hydrogen) atoms. The number of hydrogen-bond acceptors (Lipinski definition) is 3. The fourth-order valence-corrected chi connectivity index (χ4v) is 4.70. The Bertz CT molecular complexity index is 756. The van der Waals surface area contributed by atoms with Gasteiger partial charge in [0, 0.05) is 18.7 Å². The first-order valence-corrected chi connectivity index (χ1v) is 10.1. The van der Waals surface area contributed by atoms with Gasteiger partial charge in [0.05, 0.1) is 18.2 Å². The highest BCUT2D eigenvalue weighted by Gasteiger charge is 2.41. The molecule has 0 radical (unpaired) electrons. The number of rotatable bonds is 5. The van der Waals surface area contributed by atoms with Gasteiger partial charge in [0.1, 0.15) is 0 Å². The van der Waals surface area contributed by atoms with Crippen LogP contribution in [0.1, 0.15) is 63.6 Å². The molecule has 146 valence electrons. The van der Waals surface area contributed by atoms with Crippen molar-refractivity contribution in [1.82, 2.24) is 10.2 Å². The normalized spacial score (nSPS) is 23.9. The molecule has 0 unspecified atom stereocenters. The van der Waals surface area contributed by atoms with Crippen LogP contribution in [0.3, 0.4) is 0 Å². The Morgan fingerprint density at radius 1 is 1.30 bits per heavy atom. The molecule has 2 amide bonds. The molecule has 3 rings (SSSR count). The quantitative estimate of drug-likeness (QED) is 0.837. The summed E-state index contributed by atoms with van der Waals surface area (Å²) < 4.78 is 0. The molecule has 3 atom stereocenters. The molecule has 1 aliphatic heterocycles. The van der Waals surface area contributed by atoms with Crippen molar-refractivity contribution in [3.05, 3.63) is 46.7 Å². The Hall–Kier alpha value is -2.30. The van der Waals surface area contributed by atoms with Crippen molar-refractivity contribution in [2.24, 2.45) is 11.7 Å². The molecule has 2 aliphatic rings. The Kier molecular flexibility index (Phi) is 5.88. The van der Waals surface area contributed by atoms with Crippen LogP contribution in [0.2, 0.25) is 0 Å². The predicted molar refractivity (Wildman–Crippen MR) is 107 cm³/mol. The van der Waals surface area contributed by atoms with Crippen molar-refractivity contribution >= 4 is 11.8 Å². The number of amides is 2. The van der Waals surface area contributed by atoms with Gasteiger partial charge in [0.25, 0.3) is 5.91 Å². The third kappa shape index (κ3) is 3.73. The van der Waals surface area contributed by atoms with Crippen molar-refractivity contribution in [3.8, 4) is 0 Å². The lowest BCUT2D eigenvalue weighted by Gasteiger charge is -2.43. The maximum Gasteiger partial charge on any atom is 0.251 e. The van der Waals surface area contributed by atoms with Crippen LogP contribution in [-0.4, -0.2) is 29.3 Å². The fourth-order valence-electron chi connectivity index (χ4n) is 4.70. The van der Waals surface area contributed by atoms with E-state index in [0.29, 0.717) is 23.7 Å². The van der Waals surface area contributed by atoms with E-state index in [1.54, 1.807) is 6.92 Å². The van der Waals surface area contributed by atoms with Crippen molar-refractivity contribution in [1.29, 1.82) is 0 Å². The van der Waals surface area contributed by atoms with Crippen molar-refractivity contribution in [2.75, 3.05) is 6.54 Å². The molecule has 1 aliphatic carbocycles. The van der Waals surface area contributed by atoms with Crippen molar-refractivity contribution in [3.63, 3.8) is 0 Å². The number of nitrogens with zero attached hydrogens (tertiary/aromatic N) is 1. The number of aryl methyl sites for hydroxylation is 1. The first kappa shape index (κ1) is 19.5. The second kappa shape index (κ2) is 8.15. The first-order chi connectivity index (χ1) is 13.0. The lowest BCUT2D eigenvalue weighted by atomic mass is 9.82. The first-order valence-electron chi connectivity index (χ1n) is 10.1. The third-order valence-corrected chi connectivity index (χ3v) is 6.10. The molecule has 1 aromatic carbocycles. The summed E-state index contributed by atoms with van der Waals surface area (Å²) in [7, 11) is 0. The highest BCUT2D eigenvalue weighted by atomic mass is 16.2. The van der Waals surface area contributed by atoms with E-state index in [9.17, 15) is 9.59 Å². The summed E-state index contributed by atoms with van der Waals surface area (Å²) in [5.41, 5.74) is 9.52. The maximum atomic E-state index is 12.9. The number of hydrogen-bond donors (Lipinski definition) is 2. The molecule has 1 aromatic rings. The monoisotopic (exact) mass is 369 g/mol. The molecule has 1 fully saturated rings. The molecule has 3 N–H and O–H groups in total. The largest absolute Gasteiger partial charge is 0.400 e. The van der Waals surface area contributed by atoms with E-state index >= 15 is 0 Å². The summed E-state index contributed by atoms with van der Waals surface area (Å²) >= 11 is 0. The minimum absolute atomic E-state index is 0.00431. The zero-order valence-corrected chi connectivity index (χ0v) is 16.6. The number of benzene rings is 1. The molecule has 0 bridgehead atoms. The highest BCUT2D eigenvalue weighted by molar-refractivity contribution is 5.99. The van der Waals surface area contributed by atoms with E-state index < -0.39 is 6.04 Å². The van der Waals surface area contributed by atoms with Crippen LogP contribution in [-0.2, 0) is 16.0 Å². The van der Waals surface area contributed by atoms with E-state index in [0.717, 1.165) is 36.8 Å². The Labute approximate surface area is 162 Å². The maximum absolute atomic E-state index is 12.9. The van der Waals surface area contributed by atoms with Gasteiger partial charge in [-0.1, -0.05) is 51.0 Å². The van der Waals surface area contributed by atoms with Crippen LogP contribution in [0.5, 0.6) is 0 Å². The minimum Gasteiger partial charge on any atom is -0.400 e. The second-order valence-corrected chi connectivity index (χ2v) is 7.83. The molecule has 0 spiro atoms. The number of nitrogens with two attached hydrogens (primary N) is 1. The summed E-state index contributed by atoms with van der Waals surface area (Å²) in [5.74, 6) is 0.257. The molecular weight excluding hydrogens is 338 g/mol. The standard InChI is InChI=1S/C22H31N3O2/c1-4-16-10-6-7-11-17(16)21(20-18(23)13-24-22(20)27)25(15(3)26)19-12-8-5-9-14(19)2/h6-7,10-11,14,19,21H,4-5,8-9,12-13,23H2,1-3H3,(H,24,27)/t14-,19+,21+/m0/s1. The van der Waals surface area contributed by atoms with E-state index in [1.807, 2.05) is 23.1 Å². The SMILES string of the molecule is CCc1ccccc1[C@H](C1=C(N)CNC1=O)N(C(C)=O)[C@@H]1CCCC[C@@H]1C. The lowest BCUT2D eigenvalue weighted by molar-refractivity contribution is -0.135. The van der Waals surface area contributed by atoms with Gasteiger partial charge in [-0.25, -0.2) is 0 Å². The van der Waals surface area contributed by atoms with E-state index in [2.05, 4.69) is 25.2 Å². The zero-order valence-electron chi connectivity index (χ0n) is 16.6. The van der Waals surface area contributed by atoms with Crippen LogP contribution in [0.4, 0.5) is 0 Å². The number of carbonyl (C=O) groups is 2. The Balaban J connectivity index is 2.17. The Morgan fingerprint density at radius 2 is 2.00 bits per heavy atom. The van der Waals surface area contributed by atoms with Crippen LogP contribution < -0.4 is 11.1 Å². The molecule has 5 nitrogen and oxygen atoms in total. The van der Waals surface area contributed by atoms with Crippen LogP contribution in [0.25, 0.3) is 0 Å². The summed E-state index contributed by atoms with van der Waals surface area (Å²) in [4.78, 5) is 27.6. The predicted octanol–water partition coefficient (Wildman–Crippen LogP) is 3.06. The second-order valence-electron chi connectivity index (χ2n) is 7.83. The van der Waals surface area contributed by atoms with Gasteiger partial charge < -0.3 is 16.0 Å². The van der Waals surface area contributed by atoms with Crippen LogP contribution >= 0.6 is 0 Å². The molecule has 0 saturated heterocycles. The molecule has 0 aromatic heterocycles. The average Bonchev–Trinajstić information content (AvgIpc) is 2.99. The van der Waals surface area contributed by atoms with Crippen molar-refractivity contribution < 1.29 is 9.59 Å². The van der Waals surface area contributed by atoms with Crippen LogP contribution in [0, 0.1) is 5.92 Å². The van der Waals surface area contributed by atoms with Gasteiger partial charge in [-0.2, -0.15) is 0 Å².